The Morgan fingerprint density at radius 2 is 1.09 bits per heavy atom. The maximum atomic E-state index is 10.1. The van der Waals surface area contributed by atoms with Gasteiger partial charge in [0.2, 0.25) is 0 Å². The summed E-state index contributed by atoms with van der Waals surface area (Å²) in [5, 5.41) is 10.1. The summed E-state index contributed by atoms with van der Waals surface area (Å²) >= 11 is 0. The van der Waals surface area contributed by atoms with Crippen LogP contribution in [0.5, 0.6) is 0 Å². The minimum absolute atomic E-state index is 0.220. The number of carboxylic acid groups (broad SMARTS) is 1. The van der Waals surface area contributed by atoms with Gasteiger partial charge in [0, 0.05) is 7.26 Å². The summed E-state index contributed by atoms with van der Waals surface area (Å²) in [7, 11) is -0.784. The fraction of sp³-hybridized carbons (Fsp3) is 0.632. The van der Waals surface area contributed by atoms with E-state index in [1.165, 1.54) is 12.1 Å². The maximum Gasteiger partial charge on any atom is 0.0715 e. The highest BCUT2D eigenvalue weighted by molar-refractivity contribution is 7.78. The number of benzene rings is 1. The van der Waals surface area contributed by atoms with Crippen molar-refractivity contribution < 1.29 is 9.90 Å². The van der Waals surface area contributed by atoms with E-state index in [-0.39, 0.29) is 5.56 Å². The Kier molecular flexibility index (Phi) is 8.93. The molecule has 3 heteroatoms. The molecule has 126 valence electrons. The van der Waals surface area contributed by atoms with E-state index >= 15 is 0 Å². The van der Waals surface area contributed by atoms with Crippen molar-refractivity contribution in [1.29, 1.82) is 0 Å². The molecule has 0 spiro atoms. The molecule has 1 aromatic rings. The van der Waals surface area contributed by atoms with Crippen LogP contribution >= 0.6 is 7.26 Å². The molecule has 0 saturated heterocycles. The highest BCUT2D eigenvalue weighted by Gasteiger charge is 2.49. The molecule has 0 saturated carbocycles. The van der Waals surface area contributed by atoms with Crippen molar-refractivity contribution in [1.82, 2.24) is 0 Å². The molecule has 1 rings (SSSR count). The van der Waals surface area contributed by atoms with Gasteiger partial charge in [-0.1, -0.05) is 30.3 Å². The van der Waals surface area contributed by atoms with Crippen molar-refractivity contribution in [2.24, 2.45) is 0 Å². The summed E-state index contributed by atoms with van der Waals surface area (Å²) in [4.78, 5) is 10.1. The molecule has 0 N–H and O–H groups in total. The smallest absolute Gasteiger partial charge is 0.0715 e. The molecule has 0 fully saturated rings. The number of carboxylic acids is 1. The van der Waals surface area contributed by atoms with E-state index in [1.807, 2.05) is 0 Å². The average Bonchev–Trinajstić information content (AvgIpc) is 2.39. The van der Waals surface area contributed by atoms with Gasteiger partial charge in [0.15, 0.2) is 0 Å². The zero-order chi connectivity index (χ0) is 17.5. The quantitative estimate of drug-likeness (QED) is 0.737. The van der Waals surface area contributed by atoms with Gasteiger partial charge >= 0.3 is 0 Å². The van der Waals surface area contributed by atoms with Crippen LogP contribution in [0.2, 0.25) is 0 Å². The van der Waals surface area contributed by atoms with Crippen molar-refractivity contribution in [3.8, 4) is 0 Å². The van der Waals surface area contributed by atoms with E-state index in [1.54, 1.807) is 18.2 Å². The van der Waals surface area contributed by atoms with Crippen LogP contribution in [-0.2, 0) is 0 Å². The first-order valence-electron chi connectivity index (χ1n) is 8.22. The monoisotopic (exact) mass is 324 g/mol. The lowest BCUT2D eigenvalue weighted by Crippen LogP contribution is -2.29. The third-order valence-corrected chi connectivity index (χ3v) is 11.7. The summed E-state index contributed by atoms with van der Waals surface area (Å²) < 4.78 is 0. The number of carbonyl (C=O) groups excluding carboxylic acids is 1. The molecule has 22 heavy (non-hydrogen) atoms. The van der Waals surface area contributed by atoms with Crippen LogP contribution < -0.4 is 5.11 Å². The van der Waals surface area contributed by atoms with Gasteiger partial charge in [-0.25, -0.2) is 0 Å². The first-order chi connectivity index (χ1) is 10.1. The highest BCUT2D eigenvalue weighted by Crippen LogP contribution is 2.73. The minimum Gasteiger partial charge on any atom is -0.545 e. The van der Waals surface area contributed by atoms with Gasteiger partial charge in [-0.3, -0.25) is 0 Å². The number of hydrogen-bond donors (Lipinski definition) is 0. The van der Waals surface area contributed by atoms with Gasteiger partial charge in [0.1, 0.15) is 0 Å². The van der Waals surface area contributed by atoms with Crippen molar-refractivity contribution >= 4 is 13.2 Å². The molecule has 2 nitrogen and oxygen atoms in total. The second kappa shape index (κ2) is 9.30. The molecule has 0 aliphatic heterocycles. The summed E-state index contributed by atoms with van der Waals surface area (Å²) in [5.74, 6) is -1.13. The topological polar surface area (TPSA) is 40.1 Å². The van der Waals surface area contributed by atoms with Crippen LogP contribution in [0.1, 0.15) is 65.7 Å². The zero-order valence-electron chi connectivity index (χ0n) is 15.5. The molecule has 0 aliphatic rings. The Labute approximate surface area is 137 Å². The molecule has 0 amide bonds. The Balaban J connectivity index is 0.000000425. The highest BCUT2D eigenvalue weighted by atomic mass is 31.2. The van der Waals surface area contributed by atoms with E-state index in [9.17, 15) is 9.90 Å². The van der Waals surface area contributed by atoms with Gasteiger partial charge < -0.3 is 9.90 Å². The molecule has 0 unspecified atom stereocenters. The summed E-state index contributed by atoms with van der Waals surface area (Å²) in [6.07, 6.45) is 0. The standard InChI is InChI=1S/C12H28P.C7H6O2/c1-9(2)13(10(3)4,11(5)6)12(7)8;8-7(9)6-4-2-1-3-5-6/h9-12H,1-8H3;1-5H,(H,8,9)/q+1;/p-1. The maximum absolute atomic E-state index is 10.1. The van der Waals surface area contributed by atoms with Crippen molar-refractivity contribution in [3.63, 3.8) is 0 Å². The Bertz CT molecular complexity index is 398. The normalized spacial score (nSPS) is 11.8. The van der Waals surface area contributed by atoms with Gasteiger partial charge in [-0.15, -0.1) is 0 Å². The van der Waals surface area contributed by atoms with Crippen molar-refractivity contribution in [2.75, 3.05) is 0 Å². The molecular formula is C19H33O2P. The van der Waals surface area contributed by atoms with Gasteiger partial charge in [0.05, 0.1) is 28.6 Å². The lowest BCUT2D eigenvalue weighted by molar-refractivity contribution is -0.255. The second-order valence-corrected chi connectivity index (χ2v) is 12.8. The predicted molar refractivity (Wildman–Crippen MR) is 98.2 cm³/mol. The first kappa shape index (κ1) is 21.1. The van der Waals surface area contributed by atoms with Crippen LogP contribution in [0, 0.1) is 0 Å². The second-order valence-electron chi connectivity index (χ2n) is 6.92. The zero-order valence-corrected chi connectivity index (χ0v) is 16.4. The van der Waals surface area contributed by atoms with E-state index < -0.39 is 13.2 Å². The number of carbonyl (C=O) groups is 1. The number of aromatic carboxylic acids is 1. The number of hydrogen-bond acceptors (Lipinski definition) is 2. The summed E-state index contributed by atoms with van der Waals surface area (Å²) in [6, 6.07) is 8.06. The molecule has 0 aliphatic carbocycles. The largest absolute Gasteiger partial charge is 0.545 e. The Morgan fingerprint density at radius 3 is 1.23 bits per heavy atom. The van der Waals surface area contributed by atoms with E-state index in [0.29, 0.717) is 0 Å². The molecular weight excluding hydrogens is 291 g/mol. The van der Waals surface area contributed by atoms with Crippen LogP contribution in [0.4, 0.5) is 0 Å². The average molecular weight is 324 g/mol. The molecule has 1 aromatic carbocycles. The van der Waals surface area contributed by atoms with Gasteiger partial charge in [-0.05, 0) is 61.0 Å². The molecule has 0 heterocycles. The third kappa shape index (κ3) is 5.09. The minimum atomic E-state index is -1.13. The van der Waals surface area contributed by atoms with Crippen LogP contribution in [0.3, 0.4) is 0 Å². The fourth-order valence-electron chi connectivity index (χ4n) is 4.15. The van der Waals surface area contributed by atoms with Crippen LogP contribution in [0.25, 0.3) is 0 Å². The van der Waals surface area contributed by atoms with E-state index in [0.717, 1.165) is 22.6 Å². The predicted octanol–water partition coefficient (Wildman–Crippen LogP) is 4.69. The van der Waals surface area contributed by atoms with Crippen molar-refractivity contribution in [2.45, 2.75) is 78.0 Å². The Hall–Kier alpha value is -0.880. The third-order valence-electron chi connectivity index (χ3n) is 4.59. The summed E-state index contributed by atoms with van der Waals surface area (Å²) in [5.41, 5.74) is 3.75. The lowest BCUT2D eigenvalue weighted by atomic mass is 10.2. The molecule has 0 bridgehead atoms. The van der Waals surface area contributed by atoms with Crippen LogP contribution in [0.15, 0.2) is 30.3 Å². The van der Waals surface area contributed by atoms with Crippen molar-refractivity contribution in [3.05, 3.63) is 35.9 Å². The SMILES string of the molecule is CC(C)[P+](C(C)C)(C(C)C)C(C)C.O=C([O-])c1ccccc1. The Morgan fingerprint density at radius 1 is 0.773 bits per heavy atom. The molecule has 0 radical (unpaired) electrons. The lowest BCUT2D eigenvalue weighted by Gasteiger charge is -2.41. The van der Waals surface area contributed by atoms with E-state index in [2.05, 4.69) is 55.4 Å². The summed E-state index contributed by atoms with van der Waals surface area (Å²) in [6.45, 7) is 19.4. The van der Waals surface area contributed by atoms with Crippen LogP contribution in [-0.4, -0.2) is 28.6 Å². The molecule has 0 aromatic heterocycles. The van der Waals surface area contributed by atoms with Gasteiger partial charge in [0.25, 0.3) is 0 Å². The fourth-order valence-corrected chi connectivity index (χ4v) is 11.3. The van der Waals surface area contributed by atoms with E-state index in [4.69, 9.17) is 0 Å². The molecule has 0 atom stereocenters. The first-order valence-corrected chi connectivity index (χ1v) is 10.3. The van der Waals surface area contributed by atoms with Gasteiger partial charge in [-0.2, -0.15) is 0 Å². The number of rotatable bonds is 5.